The van der Waals surface area contributed by atoms with Crippen LogP contribution in [0, 0.1) is 0 Å². The molecule has 1 aliphatic rings. The van der Waals surface area contributed by atoms with Crippen molar-refractivity contribution in [3.8, 4) is 5.75 Å². The van der Waals surface area contributed by atoms with Crippen LogP contribution in [-0.4, -0.2) is 36.9 Å². The van der Waals surface area contributed by atoms with Crippen LogP contribution in [0.1, 0.15) is 36.6 Å². The van der Waals surface area contributed by atoms with E-state index in [1.807, 2.05) is 0 Å². The van der Waals surface area contributed by atoms with Gasteiger partial charge in [-0.3, -0.25) is 9.59 Å². The van der Waals surface area contributed by atoms with Crippen molar-refractivity contribution < 1.29 is 23.9 Å². The Balaban J connectivity index is 2.00. The zero-order valence-electron chi connectivity index (χ0n) is 14.0. The van der Waals surface area contributed by atoms with Crippen molar-refractivity contribution in [1.82, 2.24) is 4.90 Å². The van der Waals surface area contributed by atoms with Gasteiger partial charge in [-0.05, 0) is 51.8 Å². The molecule has 0 N–H and O–H groups in total. The van der Waals surface area contributed by atoms with Crippen molar-refractivity contribution in [2.24, 2.45) is 0 Å². The third-order valence-corrected chi connectivity index (χ3v) is 4.58. The quantitative estimate of drug-likeness (QED) is 0.564. The monoisotopic (exact) mass is 415 g/mol. The molecule has 0 unspecified atom stereocenters. The summed E-state index contributed by atoms with van der Waals surface area (Å²) in [4.78, 5) is 37.9. The Morgan fingerprint density at radius 3 is 2.23 bits per heavy atom. The molecule has 6 nitrogen and oxygen atoms in total. The maximum Gasteiger partial charge on any atom is 0.338 e. The predicted molar refractivity (Wildman–Crippen MR) is 98.0 cm³/mol. The number of fused-ring (bicyclic) bond motifs is 1. The zero-order valence-corrected chi connectivity index (χ0v) is 15.6. The number of rotatable bonds is 4. The molecule has 1 heterocycles. The van der Waals surface area contributed by atoms with Gasteiger partial charge in [0.25, 0.3) is 11.8 Å². The number of esters is 1. The number of carbonyl (C=O) groups is 3. The third kappa shape index (κ3) is 3.01. The molecule has 0 aromatic heterocycles. The third-order valence-electron chi connectivity index (χ3n) is 3.96. The average molecular weight is 416 g/mol. The number of carbonyl (C=O) groups excluding carboxylic acids is 3. The van der Waals surface area contributed by atoms with Crippen LogP contribution in [0.15, 0.2) is 47.1 Å². The first-order chi connectivity index (χ1) is 12.5. The summed E-state index contributed by atoms with van der Waals surface area (Å²) in [6.45, 7) is 0. The van der Waals surface area contributed by atoms with Gasteiger partial charge in [-0.15, -0.1) is 0 Å². The highest BCUT2D eigenvalue weighted by Gasteiger charge is 2.33. The van der Waals surface area contributed by atoms with Gasteiger partial charge in [0.2, 0.25) is 0 Å². The number of hydrogen-bond acceptors (Lipinski definition) is 5. The first-order valence-electron chi connectivity index (χ1n) is 7.59. The van der Waals surface area contributed by atoms with Gasteiger partial charge < -0.3 is 9.47 Å². The number of hydrogen-bond donors (Lipinski definition) is 0. The van der Waals surface area contributed by atoms with Crippen molar-refractivity contribution in [2.75, 3.05) is 14.2 Å². The predicted octanol–water partition coefficient (Wildman–Crippen LogP) is 3.51. The molecule has 0 saturated heterocycles. The van der Waals surface area contributed by atoms with Gasteiger partial charge in [0.1, 0.15) is 5.75 Å². The van der Waals surface area contributed by atoms with E-state index in [0.29, 0.717) is 26.9 Å². The molecule has 0 fully saturated rings. The normalized spacial score (nSPS) is 13.3. The van der Waals surface area contributed by atoms with Crippen molar-refractivity contribution >= 4 is 39.8 Å². The van der Waals surface area contributed by atoms with Crippen LogP contribution in [-0.2, 0) is 4.74 Å². The highest BCUT2D eigenvalue weighted by Crippen LogP contribution is 2.30. The Kier molecular flexibility index (Phi) is 4.90. The lowest BCUT2D eigenvalue weighted by Gasteiger charge is -2.11. The fourth-order valence-corrected chi connectivity index (χ4v) is 3.15. The maximum absolute atomic E-state index is 12.4. The van der Waals surface area contributed by atoms with E-state index in [4.69, 9.17) is 9.47 Å². The van der Waals surface area contributed by atoms with E-state index in [1.165, 1.54) is 26.5 Å². The van der Waals surface area contributed by atoms with Gasteiger partial charge in [-0.2, -0.15) is 0 Å². The number of nitrogens with zero attached hydrogens (tertiary/aromatic N) is 1. The highest BCUT2D eigenvalue weighted by atomic mass is 79.9. The number of methoxy groups -OCH3 is 2. The standard InChI is InChI=1S/C19H14BrNO5/c1-25-16-9-11(14(10-15(16)20)19(24)26-2)7-8-21-17(22)12-5-3-4-6-13(12)18(21)23/h3-10H,1-2H3/b8-7+. The van der Waals surface area contributed by atoms with Gasteiger partial charge in [0, 0.05) is 6.20 Å². The Hall–Kier alpha value is -2.93. The minimum atomic E-state index is -0.546. The van der Waals surface area contributed by atoms with Crippen LogP contribution < -0.4 is 4.74 Å². The summed E-state index contributed by atoms with van der Waals surface area (Å²) in [6, 6.07) is 9.79. The molecule has 132 valence electrons. The first-order valence-corrected chi connectivity index (χ1v) is 8.38. The molecule has 0 aliphatic carbocycles. The molecule has 2 amide bonds. The number of amides is 2. The van der Waals surface area contributed by atoms with Crippen LogP contribution in [0.4, 0.5) is 0 Å². The lowest BCUT2D eigenvalue weighted by atomic mass is 10.1. The zero-order chi connectivity index (χ0) is 18.8. The topological polar surface area (TPSA) is 72.9 Å². The summed E-state index contributed by atoms with van der Waals surface area (Å²) in [6.07, 6.45) is 2.85. The molecule has 2 aromatic rings. The van der Waals surface area contributed by atoms with Crippen LogP contribution in [0.25, 0.3) is 6.08 Å². The maximum atomic E-state index is 12.4. The molecule has 0 atom stereocenters. The molecule has 0 spiro atoms. The molecule has 1 aliphatic heterocycles. The molecule has 3 rings (SSSR count). The van der Waals surface area contributed by atoms with Gasteiger partial charge in [-0.25, -0.2) is 9.69 Å². The fraction of sp³-hybridized carbons (Fsp3) is 0.105. The van der Waals surface area contributed by atoms with Gasteiger partial charge in [-0.1, -0.05) is 12.1 Å². The smallest absolute Gasteiger partial charge is 0.338 e. The summed E-state index contributed by atoms with van der Waals surface area (Å²) in [5.41, 5.74) is 1.42. The Morgan fingerprint density at radius 1 is 1.08 bits per heavy atom. The van der Waals surface area contributed by atoms with Gasteiger partial charge in [0.05, 0.1) is 35.4 Å². The molecule has 0 radical (unpaired) electrons. The molecule has 0 saturated carbocycles. The summed E-state index contributed by atoms with van der Waals surface area (Å²) in [5.74, 6) is -0.869. The molecule has 2 aromatic carbocycles. The van der Waals surface area contributed by atoms with Crippen LogP contribution in [0.2, 0.25) is 0 Å². The van der Waals surface area contributed by atoms with E-state index >= 15 is 0 Å². The van der Waals surface area contributed by atoms with Crippen molar-refractivity contribution in [1.29, 1.82) is 0 Å². The van der Waals surface area contributed by atoms with E-state index < -0.39 is 17.8 Å². The molecular weight excluding hydrogens is 402 g/mol. The summed E-state index contributed by atoms with van der Waals surface area (Å²) < 4.78 is 10.6. The molecular formula is C19H14BrNO5. The van der Waals surface area contributed by atoms with E-state index in [9.17, 15) is 14.4 Å². The average Bonchev–Trinajstić information content (AvgIpc) is 2.90. The first kappa shape index (κ1) is 17.9. The highest BCUT2D eigenvalue weighted by molar-refractivity contribution is 9.10. The Morgan fingerprint density at radius 2 is 1.69 bits per heavy atom. The van der Waals surface area contributed by atoms with Crippen molar-refractivity contribution in [3.05, 3.63) is 69.3 Å². The number of benzene rings is 2. The van der Waals surface area contributed by atoms with E-state index in [2.05, 4.69) is 15.9 Å². The second-order valence-corrected chi connectivity index (χ2v) is 6.26. The SMILES string of the molecule is COC(=O)c1cc(Br)c(OC)cc1/C=C/N1C(=O)c2ccccc2C1=O. The number of imide groups is 1. The second kappa shape index (κ2) is 7.13. The summed E-state index contributed by atoms with van der Waals surface area (Å²) >= 11 is 3.32. The van der Waals surface area contributed by atoms with E-state index in [0.717, 1.165) is 4.90 Å². The van der Waals surface area contributed by atoms with E-state index in [-0.39, 0.29) is 5.56 Å². The number of ether oxygens (including phenoxy) is 2. The molecule has 7 heteroatoms. The Labute approximate surface area is 158 Å². The minimum absolute atomic E-state index is 0.271. The molecule has 0 bridgehead atoms. The summed E-state index contributed by atoms with van der Waals surface area (Å²) in [5, 5.41) is 0. The van der Waals surface area contributed by atoms with Gasteiger partial charge >= 0.3 is 5.97 Å². The lowest BCUT2D eigenvalue weighted by Crippen LogP contribution is -2.23. The number of halogens is 1. The van der Waals surface area contributed by atoms with Crippen LogP contribution in [0.5, 0.6) is 5.75 Å². The minimum Gasteiger partial charge on any atom is -0.496 e. The van der Waals surface area contributed by atoms with E-state index in [1.54, 1.807) is 36.4 Å². The van der Waals surface area contributed by atoms with Crippen molar-refractivity contribution in [3.63, 3.8) is 0 Å². The van der Waals surface area contributed by atoms with Crippen LogP contribution in [0.3, 0.4) is 0 Å². The van der Waals surface area contributed by atoms with Crippen molar-refractivity contribution in [2.45, 2.75) is 0 Å². The fourth-order valence-electron chi connectivity index (χ4n) is 2.65. The molecule has 26 heavy (non-hydrogen) atoms. The summed E-state index contributed by atoms with van der Waals surface area (Å²) in [7, 11) is 2.77. The lowest BCUT2D eigenvalue weighted by molar-refractivity contribution is 0.0599. The van der Waals surface area contributed by atoms with Gasteiger partial charge in [0.15, 0.2) is 0 Å². The second-order valence-electron chi connectivity index (χ2n) is 5.41. The van der Waals surface area contributed by atoms with Crippen LogP contribution >= 0.6 is 15.9 Å². The largest absolute Gasteiger partial charge is 0.496 e. The Bertz CT molecular complexity index is 916.